The normalized spacial score (nSPS) is 11.9. The minimum Gasteiger partial charge on any atom is -0.507 e. The van der Waals surface area contributed by atoms with E-state index in [4.69, 9.17) is 0 Å². The van der Waals surface area contributed by atoms with Crippen LogP contribution in [0.15, 0.2) is 12.1 Å². The highest BCUT2D eigenvalue weighted by molar-refractivity contribution is 5.97. The van der Waals surface area contributed by atoms with Crippen LogP contribution in [0.4, 0.5) is 17.6 Å². The van der Waals surface area contributed by atoms with E-state index in [0.717, 1.165) is 24.0 Å². The first kappa shape index (κ1) is 15.4. The van der Waals surface area contributed by atoms with Gasteiger partial charge in [0, 0.05) is 12.1 Å². The number of benzene rings is 1. The van der Waals surface area contributed by atoms with Gasteiger partial charge < -0.3 is 5.11 Å². The number of nitrogens with zero attached hydrogens (tertiary/aromatic N) is 1. The van der Waals surface area contributed by atoms with Crippen LogP contribution in [0.5, 0.6) is 5.75 Å². The van der Waals surface area contributed by atoms with E-state index in [0.29, 0.717) is 0 Å². The first-order valence-electron chi connectivity index (χ1n) is 5.38. The number of hydrogen-bond donors (Lipinski definition) is 1. The molecule has 0 amide bonds. The molecule has 0 heterocycles. The molecule has 7 heteroatoms. The fourth-order valence-corrected chi connectivity index (χ4v) is 1.70. The van der Waals surface area contributed by atoms with Crippen LogP contribution in [-0.4, -0.2) is 35.6 Å². The minimum atomic E-state index is -4.39. The molecule has 19 heavy (non-hydrogen) atoms. The molecule has 3 nitrogen and oxygen atoms in total. The predicted molar refractivity (Wildman–Crippen MR) is 60.5 cm³/mol. The van der Waals surface area contributed by atoms with Crippen molar-refractivity contribution >= 4 is 5.78 Å². The van der Waals surface area contributed by atoms with Crippen molar-refractivity contribution in [2.45, 2.75) is 19.6 Å². The van der Waals surface area contributed by atoms with Crippen LogP contribution in [0.3, 0.4) is 0 Å². The number of Topliss-reactive ketones (excluding diaryl/α,β-unsaturated/α-hetero) is 1. The smallest absolute Gasteiger partial charge is 0.401 e. The summed E-state index contributed by atoms with van der Waals surface area (Å²) in [4.78, 5) is 12.0. The zero-order valence-corrected chi connectivity index (χ0v) is 10.4. The van der Waals surface area contributed by atoms with Gasteiger partial charge in [0.05, 0.1) is 12.1 Å². The number of phenolic OH excluding ortho intramolecular Hbond substituents is 1. The summed E-state index contributed by atoms with van der Waals surface area (Å²) in [5, 5.41) is 9.74. The number of hydrogen-bond acceptors (Lipinski definition) is 3. The third-order valence-electron chi connectivity index (χ3n) is 2.42. The molecule has 1 aromatic rings. The van der Waals surface area contributed by atoms with Crippen LogP contribution >= 0.6 is 0 Å². The van der Waals surface area contributed by atoms with E-state index in [1.165, 1.54) is 7.05 Å². The number of aromatic hydroxyl groups is 1. The second kappa shape index (κ2) is 5.56. The minimum absolute atomic E-state index is 0.0584. The van der Waals surface area contributed by atoms with Gasteiger partial charge in [-0.25, -0.2) is 4.39 Å². The van der Waals surface area contributed by atoms with E-state index in [2.05, 4.69) is 0 Å². The molecule has 106 valence electrons. The summed E-state index contributed by atoms with van der Waals surface area (Å²) in [6.45, 7) is -0.376. The Morgan fingerprint density at radius 2 is 1.95 bits per heavy atom. The summed E-state index contributed by atoms with van der Waals surface area (Å²) in [7, 11) is 1.19. The molecule has 0 aromatic heterocycles. The number of ketones is 1. The number of carbonyl (C=O) groups excluding carboxylic acids is 1. The number of carbonyl (C=O) groups is 1. The Labute approximate surface area is 107 Å². The van der Waals surface area contributed by atoms with E-state index < -0.39 is 30.1 Å². The van der Waals surface area contributed by atoms with Crippen LogP contribution < -0.4 is 0 Å². The van der Waals surface area contributed by atoms with Crippen molar-refractivity contribution < 1.29 is 27.5 Å². The van der Waals surface area contributed by atoms with Crippen molar-refractivity contribution in [1.29, 1.82) is 0 Å². The maximum absolute atomic E-state index is 13.3. The maximum Gasteiger partial charge on any atom is 0.401 e. The highest BCUT2D eigenvalue weighted by Gasteiger charge is 2.29. The Hall–Kier alpha value is -1.63. The Kier molecular flexibility index (Phi) is 4.52. The number of halogens is 4. The Bertz CT molecular complexity index is 485. The lowest BCUT2D eigenvalue weighted by atomic mass is 10.1. The molecule has 0 aliphatic rings. The predicted octanol–water partition coefficient (Wildman–Crippen LogP) is 2.73. The maximum atomic E-state index is 13.3. The summed E-state index contributed by atoms with van der Waals surface area (Å²) in [6, 6.07) is 1.76. The van der Waals surface area contributed by atoms with E-state index in [1.807, 2.05) is 0 Å². The van der Waals surface area contributed by atoms with Crippen molar-refractivity contribution in [3.05, 3.63) is 29.1 Å². The van der Waals surface area contributed by atoms with Crippen molar-refractivity contribution in [3.63, 3.8) is 0 Å². The number of phenols is 1. The van der Waals surface area contributed by atoms with E-state index in [1.54, 1.807) is 0 Å². The molecule has 0 radical (unpaired) electrons. The Balaban J connectivity index is 2.98. The van der Waals surface area contributed by atoms with E-state index >= 15 is 0 Å². The van der Waals surface area contributed by atoms with Gasteiger partial charge in [0.1, 0.15) is 11.6 Å². The monoisotopic (exact) mass is 279 g/mol. The van der Waals surface area contributed by atoms with Gasteiger partial charge in [0.2, 0.25) is 0 Å². The quantitative estimate of drug-likeness (QED) is 0.680. The molecule has 0 saturated carbocycles. The summed E-state index contributed by atoms with van der Waals surface area (Å²) in [5.74, 6) is -1.82. The summed E-state index contributed by atoms with van der Waals surface area (Å²) in [6.07, 6.45) is -4.39. The summed E-state index contributed by atoms with van der Waals surface area (Å²) < 4.78 is 49.7. The van der Waals surface area contributed by atoms with Gasteiger partial charge >= 0.3 is 6.18 Å². The molecule has 0 atom stereocenters. The molecule has 0 unspecified atom stereocenters. The van der Waals surface area contributed by atoms with Gasteiger partial charge in [-0.05, 0) is 26.1 Å². The molecule has 0 spiro atoms. The molecule has 0 saturated heterocycles. The zero-order valence-electron chi connectivity index (χ0n) is 10.4. The van der Waals surface area contributed by atoms with Gasteiger partial charge in [-0.15, -0.1) is 0 Å². The van der Waals surface area contributed by atoms with Crippen molar-refractivity contribution in [3.8, 4) is 5.75 Å². The Morgan fingerprint density at radius 3 is 2.42 bits per heavy atom. The molecular weight excluding hydrogens is 266 g/mol. The second-order valence-corrected chi connectivity index (χ2v) is 4.30. The molecule has 1 rings (SSSR count). The molecule has 0 fully saturated rings. The van der Waals surface area contributed by atoms with Crippen LogP contribution in [-0.2, 0) is 6.54 Å². The lowest BCUT2D eigenvalue weighted by Crippen LogP contribution is -2.30. The molecule has 1 N–H and O–H groups in total. The van der Waals surface area contributed by atoms with Crippen molar-refractivity contribution in [2.75, 3.05) is 13.6 Å². The lowest BCUT2D eigenvalue weighted by molar-refractivity contribution is -0.144. The van der Waals surface area contributed by atoms with Gasteiger partial charge in [-0.1, -0.05) is 0 Å². The standard InChI is InChI=1S/C12H13F4NO2/c1-7(18)10-4-9(13)3-8(11(10)19)5-17(2)6-12(14,15)16/h3-4,19H,5-6H2,1-2H3. The average molecular weight is 279 g/mol. The van der Waals surface area contributed by atoms with E-state index in [9.17, 15) is 27.5 Å². The van der Waals surface area contributed by atoms with Crippen LogP contribution in [0.1, 0.15) is 22.8 Å². The van der Waals surface area contributed by atoms with Gasteiger partial charge in [-0.3, -0.25) is 9.69 Å². The first-order chi connectivity index (χ1) is 8.60. The van der Waals surface area contributed by atoms with E-state index in [-0.39, 0.29) is 17.7 Å². The molecule has 0 aliphatic carbocycles. The SMILES string of the molecule is CC(=O)c1cc(F)cc(CN(C)CC(F)(F)F)c1O. The summed E-state index contributed by atoms with van der Waals surface area (Å²) in [5.41, 5.74) is -0.299. The van der Waals surface area contributed by atoms with Crippen molar-refractivity contribution in [2.24, 2.45) is 0 Å². The molecular formula is C12H13F4NO2. The van der Waals surface area contributed by atoms with Gasteiger partial charge in [0.25, 0.3) is 0 Å². The molecule has 1 aromatic carbocycles. The largest absolute Gasteiger partial charge is 0.507 e. The molecule has 0 bridgehead atoms. The number of rotatable bonds is 4. The molecule has 0 aliphatic heterocycles. The van der Waals surface area contributed by atoms with Crippen LogP contribution in [0.2, 0.25) is 0 Å². The summed E-state index contributed by atoms with van der Waals surface area (Å²) >= 11 is 0. The fraction of sp³-hybridized carbons (Fsp3) is 0.417. The van der Waals surface area contributed by atoms with Gasteiger partial charge in [0.15, 0.2) is 5.78 Å². The van der Waals surface area contributed by atoms with Crippen LogP contribution in [0, 0.1) is 5.82 Å². The first-order valence-corrected chi connectivity index (χ1v) is 5.38. The average Bonchev–Trinajstić information content (AvgIpc) is 2.19. The number of alkyl halides is 3. The fourth-order valence-electron chi connectivity index (χ4n) is 1.70. The second-order valence-electron chi connectivity index (χ2n) is 4.30. The highest BCUT2D eigenvalue weighted by atomic mass is 19.4. The van der Waals surface area contributed by atoms with Crippen LogP contribution in [0.25, 0.3) is 0 Å². The highest BCUT2D eigenvalue weighted by Crippen LogP contribution is 2.26. The topological polar surface area (TPSA) is 40.5 Å². The third-order valence-corrected chi connectivity index (χ3v) is 2.42. The van der Waals surface area contributed by atoms with Gasteiger partial charge in [-0.2, -0.15) is 13.2 Å². The third kappa shape index (κ3) is 4.51. The lowest BCUT2D eigenvalue weighted by Gasteiger charge is -2.19. The van der Waals surface area contributed by atoms with Crippen molar-refractivity contribution in [1.82, 2.24) is 4.90 Å². The Morgan fingerprint density at radius 1 is 1.37 bits per heavy atom. The zero-order chi connectivity index (χ0) is 14.8.